The molecule has 0 aromatic heterocycles. The van der Waals surface area contributed by atoms with E-state index >= 15 is 0 Å². The molecule has 0 spiro atoms. The lowest BCUT2D eigenvalue weighted by molar-refractivity contribution is -0.148. The predicted octanol–water partition coefficient (Wildman–Crippen LogP) is 5.27. The van der Waals surface area contributed by atoms with E-state index in [0.717, 1.165) is 5.56 Å². The highest BCUT2D eigenvalue weighted by Gasteiger charge is 2.43. The first kappa shape index (κ1) is 25.5. The van der Waals surface area contributed by atoms with Crippen LogP contribution >= 0.6 is 23.2 Å². The maximum absolute atomic E-state index is 13.0. The van der Waals surface area contributed by atoms with Gasteiger partial charge in [0, 0.05) is 28.5 Å². The van der Waals surface area contributed by atoms with Crippen LogP contribution in [-0.2, 0) is 27.5 Å². The van der Waals surface area contributed by atoms with Gasteiger partial charge in [-0.1, -0.05) is 76.9 Å². The van der Waals surface area contributed by atoms with E-state index in [0.29, 0.717) is 32.6 Å². The summed E-state index contributed by atoms with van der Waals surface area (Å²) in [7, 11) is 0. The van der Waals surface area contributed by atoms with Gasteiger partial charge in [0.15, 0.2) is 0 Å². The molecule has 0 fully saturated rings. The summed E-state index contributed by atoms with van der Waals surface area (Å²) in [5.74, 6) is -1.12. The molecule has 7 nitrogen and oxygen atoms in total. The van der Waals surface area contributed by atoms with Crippen LogP contribution in [0.3, 0.4) is 0 Å². The zero-order chi connectivity index (χ0) is 25.7. The quantitative estimate of drug-likeness (QED) is 0.396. The third-order valence-electron chi connectivity index (χ3n) is 5.86. The molecule has 1 amide bonds. The molecular formula is C27H24Cl2N2O5. The Morgan fingerprint density at radius 1 is 1.06 bits per heavy atom. The second-order valence-electron chi connectivity index (χ2n) is 8.60. The van der Waals surface area contributed by atoms with Crippen molar-refractivity contribution in [3.63, 3.8) is 0 Å². The number of carboxylic acids is 1. The number of nitrogens with one attached hydrogen (secondary N) is 1. The van der Waals surface area contributed by atoms with Crippen LogP contribution in [0.5, 0.6) is 5.75 Å². The molecule has 0 saturated heterocycles. The lowest BCUT2D eigenvalue weighted by Crippen LogP contribution is -2.51. The fraction of sp³-hybridized carbons (Fsp3) is 0.222. The van der Waals surface area contributed by atoms with Gasteiger partial charge in [-0.3, -0.25) is 4.79 Å². The van der Waals surface area contributed by atoms with Crippen molar-refractivity contribution in [1.82, 2.24) is 5.32 Å². The fourth-order valence-corrected chi connectivity index (χ4v) is 4.25. The van der Waals surface area contributed by atoms with Gasteiger partial charge >= 0.3 is 5.97 Å². The van der Waals surface area contributed by atoms with E-state index in [-0.39, 0.29) is 19.4 Å². The highest BCUT2D eigenvalue weighted by molar-refractivity contribution is 6.35. The van der Waals surface area contributed by atoms with Crippen molar-refractivity contribution in [2.45, 2.75) is 38.0 Å². The molecule has 0 saturated carbocycles. The van der Waals surface area contributed by atoms with Crippen molar-refractivity contribution < 1.29 is 24.3 Å². The van der Waals surface area contributed by atoms with Crippen LogP contribution in [0.4, 0.5) is 0 Å². The molecule has 3 aromatic carbocycles. The van der Waals surface area contributed by atoms with Crippen molar-refractivity contribution in [2.75, 3.05) is 0 Å². The molecule has 1 aliphatic rings. The molecule has 2 unspecified atom stereocenters. The molecule has 4 rings (SSSR count). The van der Waals surface area contributed by atoms with Crippen molar-refractivity contribution >= 4 is 40.8 Å². The molecule has 0 aliphatic carbocycles. The van der Waals surface area contributed by atoms with E-state index < -0.39 is 23.5 Å². The Morgan fingerprint density at radius 3 is 2.36 bits per heavy atom. The zero-order valence-electron chi connectivity index (χ0n) is 19.4. The standard InChI is InChI=1S/C27H24Cl2N2O5/c1-27(15-24(31-36-27)18-6-3-2-4-7-18)26(34)30-23(25(32)33)14-17-10-12-19(13-11-17)35-16-20-21(28)8-5-9-22(20)29/h2-13,23H,14-16H2,1H3,(H,30,34)(H,32,33). The van der Waals surface area contributed by atoms with Gasteiger partial charge in [0.1, 0.15) is 18.4 Å². The minimum atomic E-state index is -1.30. The Hall–Kier alpha value is -3.55. The molecule has 9 heteroatoms. The molecule has 0 radical (unpaired) electrons. The summed E-state index contributed by atoms with van der Waals surface area (Å²) < 4.78 is 5.77. The van der Waals surface area contributed by atoms with Gasteiger partial charge < -0.3 is 20.0 Å². The Labute approximate surface area is 218 Å². The topological polar surface area (TPSA) is 97.2 Å². The Balaban J connectivity index is 1.35. The summed E-state index contributed by atoms with van der Waals surface area (Å²) in [4.78, 5) is 30.3. The van der Waals surface area contributed by atoms with Gasteiger partial charge in [-0.05, 0) is 42.3 Å². The smallest absolute Gasteiger partial charge is 0.326 e. The lowest BCUT2D eigenvalue weighted by atomic mass is 9.94. The molecule has 0 bridgehead atoms. The molecular weight excluding hydrogens is 503 g/mol. The number of nitrogens with zero attached hydrogens (tertiary/aromatic N) is 1. The maximum Gasteiger partial charge on any atom is 0.326 e. The van der Waals surface area contributed by atoms with E-state index in [1.165, 1.54) is 0 Å². The monoisotopic (exact) mass is 526 g/mol. The average molecular weight is 527 g/mol. The van der Waals surface area contributed by atoms with Crippen LogP contribution in [0, 0.1) is 0 Å². The summed E-state index contributed by atoms with van der Waals surface area (Å²) >= 11 is 12.3. The normalized spacial score (nSPS) is 17.6. The zero-order valence-corrected chi connectivity index (χ0v) is 20.9. The second-order valence-corrected chi connectivity index (χ2v) is 9.42. The number of carbonyl (C=O) groups excluding carboxylic acids is 1. The van der Waals surface area contributed by atoms with Gasteiger partial charge in [0.05, 0.1) is 5.71 Å². The Kier molecular flexibility index (Phi) is 7.82. The number of amides is 1. The van der Waals surface area contributed by atoms with E-state index in [4.69, 9.17) is 32.8 Å². The lowest BCUT2D eigenvalue weighted by Gasteiger charge is -2.23. The number of halogens is 2. The van der Waals surface area contributed by atoms with Gasteiger partial charge in [-0.15, -0.1) is 0 Å². The molecule has 2 atom stereocenters. The first-order valence-corrected chi connectivity index (χ1v) is 12.0. The van der Waals surface area contributed by atoms with Crippen molar-refractivity contribution in [2.24, 2.45) is 5.16 Å². The van der Waals surface area contributed by atoms with Crippen LogP contribution < -0.4 is 10.1 Å². The highest BCUT2D eigenvalue weighted by atomic mass is 35.5. The third-order valence-corrected chi connectivity index (χ3v) is 6.57. The number of hydrogen-bond donors (Lipinski definition) is 2. The molecule has 1 aliphatic heterocycles. The molecule has 36 heavy (non-hydrogen) atoms. The van der Waals surface area contributed by atoms with Crippen molar-refractivity contribution in [1.29, 1.82) is 0 Å². The van der Waals surface area contributed by atoms with Gasteiger partial charge in [-0.2, -0.15) is 0 Å². The first-order valence-electron chi connectivity index (χ1n) is 11.2. The summed E-state index contributed by atoms with van der Waals surface area (Å²) in [6.07, 6.45) is 0.316. The number of carboxylic acid groups (broad SMARTS) is 1. The summed E-state index contributed by atoms with van der Waals surface area (Å²) in [5.41, 5.74) is 1.58. The summed E-state index contributed by atoms with van der Waals surface area (Å²) in [6, 6.07) is 20.4. The second kappa shape index (κ2) is 11.0. The van der Waals surface area contributed by atoms with E-state index in [1.807, 2.05) is 30.3 Å². The van der Waals surface area contributed by atoms with Gasteiger partial charge in [-0.25, -0.2) is 4.79 Å². The van der Waals surface area contributed by atoms with Crippen LogP contribution in [0.2, 0.25) is 10.0 Å². The molecule has 2 N–H and O–H groups in total. The summed E-state index contributed by atoms with van der Waals surface area (Å²) in [6.45, 7) is 1.79. The van der Waals surface area contributed by atoms with Gasteiger partial charge in [0.2, 0.25) is 5.60 Å². The minimum Gasteiger partial charge on any atom is -0.489 e. The first-order chi connectivity index (χ1) is 17.2. The number of aliphatic carboxylic acids is 1. The van der Waals surface area contributed by atoms with Crippen LogP contribution in [0.25, 0.3) is 0 Å². The van der Waals surface area contributed by atoms with Crippen molar-refractivity contribution in [3.05, 3.63) is 99.5 Å². The minimum absolute atomic E-state index is 0.0835. The third kappa shape index (κ3) is 5.98. The summed E-state index contributed by atoms with van der Waals surface area (Å²) in [5, 5.41) is 17.4. The van der Waals surface area contributed by atoms with Gasteiger partial charge in [0.25, 0.3) is 5.91 Å². The average Bonchev–Trinajstić information content (AvgIpc) is 3.28. The highest BCUT2D eigenvalue weighted by Crippen LogP contribution is 2.28. The largest absolute Gasteiger partial charge is 0.489 e. The SMILES string of the molecule is CC1(C(=O)NC(Cc2ccc(OCc3c(Cl)cccc3Cl)cc2)C(=O)O)CC(c2ccccc2)=NO1. The van der Waals surface area contributed by atoms with Crippen LogP contribution in [0.15, 0.2) is 78.0 Å². The number of ether oxygens (including phenoxy) is 1. The van der Waals surface area contributed by atoms with Crippen LogP contribution in [0.1, 0.15) is 30.0 Å². The fourth-order valence-electron chi connectivity index (χ4n) is 3.74. The van der Waals surface area contributed by atoms with E-state index in [2.05, 4.69) is 10.5 Å². The Morgan fingerprint density at radius 2 is 1.72 bits per heavy atom. The molecule has 1 heterocycles. The van der Waals surface area contributed by atoms with E-state index in [9.17, 15) is 14.7 Å². The van der Waals surface area contributed by atoms with E-state index in [1.54, 1.807) is 49.4 Å². The van der Waals surface area contributed by atoms with Crippen LogP contribution in [-0.4, -0.2) is 34.3 Å². The molecule has 186 valence electrons. The Bertz CT molecular complexity index is 1260. The number of benzene rings is 3. The number of oxime groups is 1. The van der Waals surface area contributed by atoms with Crippen molar-refractivity contribution in [3.8, 4) is 5.75 Å². The number of carbonyl (C=O) groups is 2. The predicted molar refractivity (Wildman–Crippen MR) is 138 cm³/mol. The number of hydrogen-bond acceptors (Lipinski definition) is 5. The molecule has 3 aromatic rings. The number of rotatable bonds is 9. The maximum atomic E-state index is 13.0.